The largest absolute Gasteiger partial charge is 0.377 e. The fourth-order valence-electron chi connectivity index (χ4n) is 4.50. The van der Waals surface area contributed by atoms with Crippen molar-refractivity contribution in [3.8, 4) is 0 Å². The van der Waals surface area contributed by atoms with Crippen LogP contribution in [0.25, 0.3) is 10.8 Å². The lowest BCUT2D eigenvalue weighted by molar-refractivity contribution is 0.520. The summed E-state index contributed by atoms with van der Waals surface area (Å²) in [5.74, 6) is 0. The Labute approximate surface area is 208 Å². The van der Waals surface area contributed by atoms with Crippen LogP contribution in [-0.4, -0.2) is 29.1 Å². The molecular formula is C28H47N3O2S. The lowest BCUT2D eigenvalue weighted by atomic mass is 10.0. The Kier molecular flexibility index (Phi) is 13.6. The van der Waals surface area contributed by atoms with Gasteiger partial charge in [0.15, 0.2) is 0 Å². The highest BCUT2D eigenvalue weighted by Gasteiger charge is 2.18. The van der Waals surface area contributed by atoms with Gasteiger partial charge in [0.05, 0.1) is 4.90 Å². The number of hydrazine groups is 1. The maximum absolute atomic E-state index is 12.9. The minimum Gasteiger partial charge on any atom is -0.377 e. The third-order valence-corrected chi connectivity index (χ3v) is 7.84. The summed E-state index contributed by atoms with van der Waals surface area (Å²) >= 11 is 0. The van der Waals surface area contributed by atoms with Crippen LogP contribution in [0.1, 0.15) is 96.8 Å². The molecule has 0 aromatic heterocycles. The van der Waals surface area contributed by atoms with Gasteiger partial charge in [-0.25, -0.2) is 13.8 Å². The molecule has 6 heteroatoms. The molecule has 0 amide bonds. The molecule has 0 aliphatic carbocycles. The first-order chi connectivity index (χ1) is 16.5. The minimum absolute atomic E-state index is 0.308. The Hall–Kier alpha value is -1.63. The second kappa shape index (κ2) is 16.1. The van der Waals surface area contributed by atoms with Gasteiger partial charge in [0.25, 0.3) is 10.0 Å². The molecule has 0 spiro atoms. The fourth-order valence-corrected chi connectivity index (χ4v) is 5.63. The van der Waals surface area contributed by atoms with Gasteiger partial charge in [-0.15, -0.1) is 4.83 Å². The number of hydrogen-bond acceptors (Lipinski definition) is 4. The van der Waals surface area contributed by atoms with Crippen LogP contribution in [0.4, 0.5) is 5.69 Å². The zero-order valence-electron chi connectivity index (χ0n) is 21.7. The van der Waals surface area contributed by atoms with Crippen molar-refractivity contribution in [3.63, 3.8) is 0 Å². The summed E-state index contributed by atoms with van der Waals surface area (Å²) in [6.45, 7) is 2.91. The SMILES string of the molecule is CCCCCCCCCCCCCCCCNNS(=O)(=O)c1cccc2c(N(C)C)cccc12. The summed E-state index contributed by atoms with van der Waals surface area (Å²) in [7, 11) is 0.301. The zero-order chi connectivity index (χ0) is 24.7. The predicted octanol–water partition coefficient (Wildman–Crippen LogP) is 7.17. The quantitative estimate of drug-likeness (QED) is 0.162. The number of unbranched alkanes of at least 4 members (excludes halogenated alkanes) is 13. The van der Waals surface area contributed by atoms with Crippen LogP contribution < -0.4 is 15.2 Å². The van der Waals surface area contributed by atoms with Crippen LogP contribution in [0, 0.1) is 0 Å². The van der Waals surface area contributed by atoms with E-state index in [0.29, 0.717) is 11.4 Å². The topological polar surface area (TPSA) is 61.4 Å². The van der Waals surface area contributed by atoms with E-state index in [0.717, 1.165) is 29.3 Å². The predicted molar refractivity (Wildman–Crippen MR) is 147 cm³/mol. The van der Waals surface area contributed by atoms with E-state index in [1.165, 1.54) is 77.0 Å². The Bertz CT molecular complexity index is 928. The number of anilines is 1. The van der Waals surface area contributed by atoms with Gasteiger partial charge in [0.1, 0.15) is 0 Å². The van der Waals surface area contributed by atoms with Gasteiger partial charge in [-0.3, -0.25) is 0 Å². The van der Waals surface area contributed by atoms with Crippen molar-refractivity contribution in [3.05, 3.63) is 36.4 Å². The summed E-state index contributed by atoms with van der Waals surface area (Å²) in [6.07, 6.45) is 18.4. The zero-order valence-corrected chi connectivity index (χ0v) is 22.6. The normalized spacial score (nSPS) is 11.9. The molecule has 0 aliphatic rings. The lowest BCUT2D eigenvalue weighted by Gasteiger charge is -2.17. The van der Waals surface area contributed by atoms with Crippen LogP contribution in [0.3, 0.4) is 0 Å². The highest BCUT2D eigenvalue weighted by Crippen LogP contribution is 2.29. The van der Waals surface area contributed by atoms with Crippen LogP contribution in [0.5, 0.6) is 0 Å². The van der Waals surface area contributed by atoms with Crippen LogP contribution in [0.2, 0.25) is 0 Å². The molecule has 0 saturated heterocycles. The van der Waals surface area contributed by atoms with Gasteiger partial charge in [-0.2, -0.15) is 0 Å². The number of nitrogens with zero attached hydrogens (tertiary/aromatic N) is 1. The molecule has 34 heavy (non-hydrogen) atoms. The maximum atomic E-state index is 12.9. The van der Waals surface area contributed by atoms with Gasteiger partial charge in [-0.05, 0) is 18.6 Å². The van der Waals surface area contributed by atoms with Crippen molar-refractivity contribution in [2.75, 3.05) is 25.5 Å². The lowest BCUT2D eigenvalue weighted by Crippen LogP contribution is -2.38. The molecular weight excluding hydrogens is 442 g/mol. The molecule has 0 bridgehead atoms. The van der Waals surface area contributed by atoms with Crippen molar-refractivity contribution in [2.24, 2.45) is 0 Å². The standard InChI is InChI=1S/C28H47N3O2S/c1-4-5-6-7-8-9-10-11-12-13-14-15-16-17-24-29-30-34(32,33)28-23-19-20-25-26(28)21-18-22-27(25)31(2)3/h18-23,29-30H,4-17,24H2,1-3H3. The first-order valence-electron chi connectivity index (χ1n) is 13.4. The third kappa shape index (κ3) is 9.93. The van der Waals surface area contributed by atoms with E-state index in [9.17, 15) is 8.42 Å². The molecule has 5 nitrogen and oxygen atoms in total. The van der Waals surface area contributed by atoms with Gasteiger partial charge in [0.2, 0.25) is 0 Å². The van der Waals surface area contributed by atoms with E-state index in [-0.39, 0.29) is 0 Å². The van der Waals surface area contributed by atoms with Gasteiger partial charge in [-0.1, -0.05) is 115 Å². The van der Waals surface area contributed by atoms with E-state index in [4.69, 9.17) is 0 Å². The number of sulfonamides is 1. The summed E-state index contributed by atoms with van der Waals surface area (Å²) in [6, 6.07) is 11.2. The summed E-state index contributed by atoms with van der Waals surface area (Å²) < 4.78 is 25.8. The van der Waals surface area contributed by atoms with E-state index in [2.05, 4.69) is 17.2 Å². The van der Waals surface area contributed by atoms with Gasteiger partial charge < -0.3 is 4.90 Å². The van der Waals surface area contributed by atoms with Crippen molar-refractivity contribution >= 4 is 26.5 Å². The Morgan fingerprint density at radius 2 is 1.18 bits per heavy atom. The molecule has 2 aromatic rings. The van der Waals surface area contributed by atoms with Crippen LogP contribution in [-0.2, 0) is 10.0 Å². The molecule has 0 saturated carbocycles. The van der Waals surface area contributed by atoms with Crippen LogP contribution in [0.15, 0.2) is 41.3 Å². The molecule has 2 rings (SSSR count). The number of benzene rings is 2. The smallest absolute Gasteiger partial charge is 0.253 e. The van der Waals surface area contributed by atoms with E-state index in [1.807, 2.05) is 43.3 Å². The summed E-state index contributed by atoms with van der Waals surface area (Å²) in [4.78, 5) is 4.88. The Morgan fingerprint density at radius 3 is 1.74 bits per heavy atom. The monoisotopic (exact) mass is 489 g/mol. The third-order valence-electron chi connectivity index (χ3n) is 6.49. The van der Waals surface area contributed by atoms with Crippen molar-refractivity contribution < 1.29 is 8.42 Å². The van der Waals surface area contributed by atoms with E-state index < -0.39 is 10.0 Å². The fraction of sp³-hybridized carbons (Fsp3) is 0.643. The average Bonchev–Trinajstić information content (AvgIpc) is 2.82. The molecule has 192 valence electrons. The molecule has 0 aliphatic heterocycles. The van der Waals surface area contributed by atoms with Crippen molar-refractivity contribution in [1.29, 1.82) is 0 Å². The number of fused-ring (bicyclic) bond motifs is 1. The molecule has 0 atom stereocenters. The number of rotatable bonds is 19. The van der Waals surface area contributed by atoms with Gasteiger partial charge >= 0.3 is 0 Å². The first-order valence-corrected chi connectivity index (χ1v) is 14.9. The maximum Gasteiger partial charge on any atom is 0.253 e. The molecule has 0 fully saturated rings. The number of hydrogen-bond donors (Lipinski definition) is 2. The summed E-state index contributed by atoms with van der Waals surface area (Å²) in [5.41, 5.74) is 3.93. The van der Waals surface area contributed by atoms with E-state index in [1.54, 1.807) is 12.1 Å². The van der Waals surface area contributed by atoms with Crippen molar-refractivity contribution in [2.45, 2.75) is 102 Å². The molecule has 0 unspecified atom stereocenters. The summed E-state index contributed by atoms with van der Waals surface area (Å²) in [5, 5.41) is 1.67. The van der Waals surface area contributed by atoms with Crippen molar-refractivity contribution in [1.82, 2.24) is 10.3 Å². The molecule has 0 heterocycles. The second-order valence-electron chi connectivity index (χ2n) is 9.65. The minimum atomic E-state index is -3.63. The first kappa shape index (κ1) is 28.6. The highest BCUT2D eigenvalue weighted by atomic mass is 32.2. The average molecular weight is 490 g/mol. The second-order valence-corrected chi connectivity index (χ2v) is 11.3. The number of nitrogens with one attached hydrogen (secondary N) is 2. The Morgan fingerprint density at radius 1 is 0.676 bits per heavy atom. The van der Waals surface area contributed by atoms with Gasteiger partial charge in [0, 0.05) is 37.1 Å². The van der Waals surface area contributed by atoms with Crippen LogP contribution >= 0.6 is 0 Å². The molecule has 0 radical (unpaired) electrons. The Balaban J connectivity index is 1.58. The highest BCUT2D eigenvalue weighted by molar-refractivity contribution is 7.89. The molecule has 2 aromatic carbocycles. The molecule has 2 N–H and O–H groups in total. The van der Waals surface area contributed by atoms with E-state index >= 15 is 0 Å².